The molecule has 13 rings (SSSR count). The lowest BCUT2D eigenvalue weighted by Gasteiger charge is -2.30. The summed E-state index contributed by atoms with van der Waals surface area (Å²) < 4.78 is 9.22. The Hall–Kier alpha value is -8.45. The van der Waals surface area contributed by atoms with E-state index in [4.69, 9.17) is 9.72 Å². The van der Waals surface area contributed by atoms with Gasteiger partial charge in [0.15, 0.2) is 0 Å². The summed E-state index contributed by atoms with van der Waals surface area (Å²) in [4.78, 5) is 10.0. The van der Waals surface area contributed by atoms with Crippen LogP contribution in [0.2, 0.25) is 6.55 Å². The highest BCUT2D eigenvalue weighted by Gasteiger charge is 2.43. The summed E-state index contributed by atoms with van der Waals surface area (Å²) in [7, 11) is -2.34. The largest absolute Gasteiger partial charge is 0.457 e. The number of pyridine rings is 1. The Labute approximate surface area is 416 Å². The lowest BCUT2D eigenvalue weighted by molar-refractivity contribution is 0.483. The normalized spacial score (nSPS) is 13.6. The van der Waals surface area contributed by atoms with E-state index in [9.17, 15) is 0 Å². The number of hydrogen-bond acceptors (Lipinski definition) is 4. The third kappa shape index (κ3) is 7.00. The average Bonchev–Trinajstić information content (AvgIpc) is 4.05. The molecule has 0 saturated heterocycles. The molecule has 4 heterocycles. The highest BCUT2D eigenvalue weighted by molar-refractivity contribution is 7.13. The first-order valence-corrected chi connectivity index (χ1v) is 27.1. The van der Waals surface area contributed by atoms with Gasteiger partial charge < -0.3 is 14.5 Å². The van der Waals surface area contributed by atoms with Crippen molar-refractivity contribution in [1.29, 1.82) is 0 Å². The van der Waals surface area contributed by atoms with Gasteiger partial charge in [0.25, 0.3) is 0 Å². The number of rotatable bonds is 8. The van der Waals surface area contributed by atoms with Gasteiger partial charge in [-0.2, -0.15) is 0 Å². The van der Waals surface area contributed by atoms with Crippen LogP contribution in [0.4, 0.5) is 22.7 Å². The standard InChI is InChI=1S/C65H52N4OSi/c1-65(2,3)46-38-55(44-20-7-5-8-21-44)64(56(39-46)45-22-9-6-10-23-45)68-43-67(58-30-15-16-31-59(58)68)47-24-19-25-48(40-47)70-49-34-35-52-51-26-11-14-29-57(51)69(60(52)41-49)63-42-50(36-37-66-63)71(4)61-32-17-12-27-53(61)54-28-13-18-33-62(54)71/h5-42H,43H2,1-4H3. The van der Waals surface area contributed by atoms with Gasteiger partial charge in [0.2, 0.25) is 0 Å². The van der Waals surface area contributed by atoms with Crippen molar-refractivity contribution in [3.05, 3.63) is 236 Å². The molecule has 0 bridgehead atoms. The maximum atomic E-state index is 6.90. The van der Waals surface area contributed by atoms with Crippen molar-refractivity contribution in [3.63, 3.8) is 0 Å². The number of nitrogens with zero attached hydrogens (tertiary/aromatic N) is 4. The fraction of sp³-hybridized carbons (Fsp3) is 0.0923. The van der Waals surface area contributed by atoms with Crippen LogP contribution in [0.1, 0.15) is 26.3 Å². The quantitative estimate of drug-likeness (QED) is 0.142. The Morgan fingerprint density at radius 1 is 0.479 bits per heavy atom. The lowest BCUT2D eigenvalue weighted by Crippen LogP contribution is -2.62. The number of aromatic nitrogens is 2. The van der Waals surface area contributed by atoms with Gasteiger partial charge in [-0.25, -0.2) is 4.98 Å². The van der Waals surface area contributed by atoms with E-state index in [1.165, 1.54) is 65.6 Å². The van der Waals surface area contributed by atoms with Gasteiger partial charge >= 0.3 is 0 Å². The summed E-state index contributed by atoms with van der Waals surface area (Å²) in [6.45, 7) is 10.0. The maximum absolute atomic E-state index is 6.90. The number of benzene rings is 9. The Morgan fingerprint density at radius 2 is 1.06 bits per heavy atom. The molecular formula is C65H52N4OSi. The van der Waals surface area contributed by atoms with Crippen LogP contribution in [-0.4, -0.2) is 24.3 Å². The summed E-state index contributed by atoms with van der Waals surface area (Å²) in [6, 6.07) is 81.5. The first-order valence-electron chi connectivity index (χ1n) is 24.6. The number of para-hydroxylation sites is 3. The topological polar surface area (TPSA) is 33.5 Å². The minimum atomic E-state index is -2.34. The van der Waals surface area contributed by atoms with Crippen LogP contribution in [-0.2, 0) is 5.41 Å². The summed E-state index contributed by atoms with van der Waals surface area (Å²) in [5, 5.41) is 6.58. The van der Waals surface area contributed by atoms with Gasteiger partial charge in [0.05, 0.1) is 28.1 Å². The van der Waals surface area contributed by atoms with Crippen LogP contribution < -0.4 is 30.1 Å². The monoisotopic (exact) mass is 932 g/mol. The molecule has 2 aliphatic rings. The number of anilines is 4. The predicted molar refractivity (Wildman–Crippen MR) is 299 cm³/mol. The molecule has 2 aliphatic heterocycles. The van der Waals surface area contributed by atoms with Crippen molar-refractivity contribution in [2.24, 2.45) is 0 Å². The fourth-order valence-corrected chi connectivity index (χ4v) is 15.5. The molecule has 0 unspecified atom stereocenters. The van der Waals surface area contributed by atoms with Gasteiger partial charge in [0, 0.05) is 45.9 Å². The minimum Gasteiger partial charge on any atom is -0.457 e. The van der Waals surface area contributed by atoms with E-state index in [1.54, 1.807) is 0 Å². The van der Waals surface area contributed by atoms with E-state index in [-0.39, 0.29) is 5.41 Å². The van der Waals surface area contributed by atoms with E-state index in [0.717, 1.165) is 50.8 Å². The molecule has 11 aromatic rings. The number of hydrogen-bond donors (Lipinski definition) is 0. The molecule has 0 saturated carbocycles. The molecule has 2 aromatic heterocycles. The zero-order chi connectivity index (χ0) is 47.8. The third-order valence-electron chi connectivity index (χ3n) is 14.9. The molecule has 0 N–H and O–H groups in total. The summed E-state index contributed by atoms with van der Waals surface area (Å²) in [6.07, 6.45) is 2.00. The number of ether oxygens (including phenoxy) is 1. The van der Waals surface area contributed by atoms with Crippen LogP contribution in [0, 0.1) is 0 Å². The Kier molecular flexibility index (Phi) is 9.97. The fourth-order valence-electron chi connectivity index (χ4n) is 11.4. The summed E-state index contributed by atoms with van der Waals surface area (Å²) in [5.41, 5.74) is 15.5. The lowest BCUT2D eigenvalue weighted by atomic mass is 9.82. The zero-order valence-electron chi connectivity index (χ0n) is 40.3. The summed E-state index contributed by atoms with van der Waals surface area (Å²) in [5.74, 6) is 2.43. The smallest absolute Gasteiger partial charge is 0.147 e. The molecule has 0 aliphatic carbocycles. The Balaban J connectivity index is 0.883. The van der Waals surface area contributed by atoms with E-state index in [1.807, 2.05) is 6.20 Å². The predicted octanol–water partition coefficient (Wildman–Crippen LogP) is 14.9. The Bertz CT molecular complexity index is 3750. The van der Waals surface area contributed by atoms with Gasteiger partial charge in [-0.15, -0.1) is 0 Å². The highest BCUT2D eigenvalue weighted by atomic mass is 28.3. The molecule has 0 atom stereocenters. The van der Waals surface area contributed by atoms with Crippen LogP contribution in [0.3, 0.4) is 0 Å². The molecule has 0 radical (unpaired) electrons. The van der Waals surface area contributed by atoms with Gasteiger partial charge in [-0.05, 0) is 116 Å². The first kappa shape index (κ1) is 42.6. The van der Waals surface area contributed by atoms with Crippen molar-refractivity contribution in [2.75, 3.05) is 16.5 Å². The van der Waals surface area contributed by atoms with Crippen molar-refractivity contribution >= 4 is 68.2 Å². The molecular weight excluding hydrogens is 881 g/mol. The maximum Gasteiger partial charge on any atom is 0.147 e. The van der Waals surface area contributed by atoms with Crippen molar-refractivity contribution in [3.8, 4) is 50.7 Å². The van der Waals surface area contributed by atoms with E-state index in [2.05, 4.69) is 266 Å². The molecule has 0 amide bonds. The van der Waals surface area contributed by atoms with Gasteiger partial charge in [0.1, 0.15) is 32.1 Å². The van der Waals surface area contributed by atoms with Crippen LogP contribution >= 0.6 is 0 Å². The molecule has 9 aromatic carbocycles. The Morgan fingerprint density at radius 3 is 1.73 bits per heavy atom. The third-order valence-corrected chi connectivity index (χ3v) is 19.4. The molecule has 5 nitrogen and oxygen atoms in total. The van der Waals surface area contributed by atoms with Gasteiger partial charge in [-0.1, -0.05) is 173 Å². The van der Waals surface area contributed by atoms with Crippen LogP contribution in [0.15, 0.2) is 231 Å². The summed E-state index contributed by atoms with van der Waals surface area (Å²) >= 11 is 0. The second kappa shape index (κ2) is 16.6. The SMILES string of the molecule is CC(C)(C)c1cc(-c2ccccc2)c(N2CN(c3cccc(Oc4ccc5c6ccccc6n(-c6cc([Si]7(C)c8ccccc8-c8ccccc87)ccn6)c5c4)c3)c3ccccc32)c(-c2ccccc2)c1. The van der Waals surface area contributed by atoms with Crippen LogP contribution in [0.5, 0.6) is 11.5 Å². The average molecular weight is 933 g/mol. The second-order valence-corrected chi connectivity index (χ2v) is 24.0. The van der Waals surface area contributed by atoms with E-state index >= 15 is 0 Å². The van der Waals surface area contributed by atoms with Crippen LogP contribution in [0.25, 0.3) is 61.0 Å². The zero-order valence-corrected chi connectivity index (χ0v) is 41.3. The van der Waals surface area contributed by atoms with Crippen molar-refractivity contribution < 1.29 is 4.74 Å². The second-order valence-electron chi connectivity index (χ2n) is 20.1. The number of fused-ring (bicyclic) bond motifs is 7. The van der Waals surface area contributed by atoms with Crippen molar-refractivity contribution in [2.45, 2.75) is 32.7 Å². The first-order chi connectivity index (χ1) is 34.7. The molecule has 0 fully saturated rings. The molecule has 342 valence electrons. The van der Waals surface area contributed by atoms with E-state index in [0.29, 0.717) is 6.67 Å². The minimum absolute atomic E-state index is 0.0555. The van der Waals surface area contributed by atoms with Gasteiger partial charge in [-0.3, -0.25) is 4.57 Å². The molecule has 71 heavy (non-hydrogen) atoms. The van der Waals surface area contributed by atoms with E-state index < -0.39 is 8.07 Å². The van der Waals surface area contributed by atoms with Crippen molar-refractivity contribution in [1.82, 2.24) is 9.55 Å². The molecule has 6 heteroatoms. The molecule has 0 spiro atoms. The highest BCUT2D eigenvalue weighted by Crippen LogP contribution is 2.51.